The van der Waals surface area contributed by atoms with Gasteiger partial charge in [0.25, 0.3) is 5.91 Å². The van der Waals surface area contributed by atoms with Crippen LogP contribution < -0.4 is 10.8 Å². The quantitative estimate of drug-likeness (QED) is 0.250. The first-order valence-electron chi connectivity index (χ1n) is 9.83. The van der Waals surface area contributed by atoms with E-state index in [4.69, 9.17) is 14.7 Å². The van der Waals surface area contributed by atoms with Crippen LogP contribution in [0.3, 0.4) is 0 Å². The molecule has 3 aromatic rings. The number of hydroxylamine groups is 1. The molecule has 4 N–H and O–H groups in total. The molecule has 0 unspecified atom stereocenters. The standard InChI is InChI=1S/C24H24N2O6/c1-15-7-9-16(10-8-15)25-24(29)32-23(21(31-2)13-14-22(28)26-30)19-11-12-20(27)18-6-4-3-5-17(18)19/h3-14,21,23,27,30H,1-2H3,(H,25,29)(H,26,28)/b14-13+/t21-,23-/m1/s1. The number of carbonyl (C=O) groups is 2. The Morgan fingerprint density at radius 3 is 2.34 bits per heavy atom. The van der Waals surface area contributed by atoms with Crippen LogP contribution in [0.2, 0.25) is 0 Å². The number of rotatable bonds is 7. The monoisotopic (exact) mass is 436 g/mol. The number of benzene rings is 3. The van der Waals surface area contributed by atoms with Gasteiger partial charge in [-0.15, -0.1) is 0 Å². The van der Waals surface area contributed by atoms with Gasteiger partial charge in [-0.05, 0) is 36.6 Å². The summed E-state index contributed by atoms with van der Waals surface area (Å²) in [6.45, 7) is 1.94. The molecule has 32 heavy (non-hydrogen) atoms. The number of aromatic hydroxyl groups is 1. The van der Waals surface area contributed by atoms with Gasteiger partial charge < -0.3 is 14.6 Å². The molecule has 0 aliphatic carbocycles. The van der Waals surface area contributed by atoms with Crippen molar-refractivity contribution >= 4 is 28.5 Å². The predicted molar refractivity (Wildman–Crippen MR) is 120 cm³/mol. The highest BCUT2D eigenvalue weighted by Gasteiger charge is 2.28. The number of hydrogen-bond acceptors (Lipinski definition) is 6. The molecule has 8 nitrogen and oxygen atoms in total. The molecule has 0 aliphatic heterocycles. The van der Waals surface area contributed by atoms with Crippen molar-refractivity contribution in [3.8, 4) is 5.75 Å². The highest BCUT2D eigenvalue weighted by molar-refractivity contribution is 5.92. The topological polar surface area (TPSA) is 117 Å². The highest BCUT2D eigenvalue weighted by atomic mass is 16.6. The fourth-order valence-corrected chi connectivity index (χ4v) is 3.28. The van der Waals surface area contributed by atoms with E-state index in [0.29, 0.717) is 22.0 Å². The lowest BCUT2D eigenvalue weighted by Gasteiger charge is -2.25. The van der Waals surface area contributed by atoms with Gasteiger partial charge in [0.2, 0.25) is 0 Å². The van der Waals surface area contributed by atoms with Crippen LogP contribution in [0.1, 0.15) is 17.2 Å². The summed E-state index contributed by atoms with van der Waals surface area (Å²) in [5.74, 6) is -0.679. The third-order valence-corrected chi connectivity index (χ3v) is 4.89. The number of carbonyl (C=O) groups excluding carboxylic acids is 2. The Balaban J connectivity index is 1.98. The summed E-state index contributed by atoms with van der Waals surface area (Å²) in [5, 5.41) is 22.9. The average Bonchev–Trinajstić information content (AvgIpc) is 2.80. The number of hydrogen-bond donors (Lipinski definition) is 4. The Morgan fingerprint density at radius 2 is 1.69 bits per heavy atom. The average molecular weight is 436 g/mol. The van der Waals surface area contributed by atoms with Gasteiger partial charge in [-0.3, -0.25) is 15.3 Å². The normalized spacial score (nSPS) is 13.0. The van der Waals surface area contributed by atoms with E-state index in [0.717, 1.165) is 11.6 Å². The van der Waals surface area contributed by atoms with E-state index < -0.39 is 24.2 Å². The molecule has 3 rings (SSSR count). The Labute approximate surface area is 185 Å². The lowest BCUT2D eigenvalue weighted by Crippen LogP contribution is -2.27. The van der Waals surface area contributed by atoms with Crippen LogP contribution >= 0.6 is 0 Å². The van der Waals surface area contributed by atoms with E-state index in [1.165, 1.54) is 24.7 Å². The number of fused-ring (bicyclic) bond motifs is 1. The summed E-state index contributed by atoms with van der Waals surface area (Å²) in [7, 11) is 1.41. The smallest absolute Gasteiger partial charge is 0.412 e. The van der Waals surface area contributed by atoms with Crippen LogP contribution in [0.5, 0.6) is 5.75 Å². The van der Waals surface area contributed by atoms with Gasteiger partial charge in [0.1, 0.15) is 11.9 Å². The highest BCUT2D eigenvalue weighted by Crippen LogP contribution is 2.35. The van der Waals surface area contributed by atoms with Gasteiger partial charge in [0, 0.05) is 29.8 Å². The minimum Gasteiger partial charge on any atom is -0.507 e. The summed E-state index contributed by atoms with van der Waals surface area (Å²) in [6, 6.07) is 17.5. The first-order valence-corrected chi connectivity index (χ1v) is 9.83. The molecule has 0 radical (unpaired) electrons. The van der Waals surface area contributed by atoms with E-state index in [1.807, 2.05) is 19.1 Å². The number of phenolic OH excluding ortho intramolecular Hbond substituents is 1. The molecule has 0 spiro atoms. The third kappa shape index (κ3) is 5.42. The van der Waals surface area contributed by atoms with Crippen molar-refractivity contribution in [1.82, 2.24) is 5.48 Å². The van der Waals surface area contributed by atoms with Crippen LogP contribution in [-0.4, -0.2) is 35.5 Å². The first kappa shape index (κ1) is 22.8. The second kappa shape index (κ2) is 10.4. The van der Waals surface area contributed by atoms with Crippen molar-refractivity contribution in [3.63, 3.8) is 0 Å². The maximum atomic E-state index is 12.7. The van der Waals surface area contributed by atoms with Crippen LogP contribution in [0.15, 0.2) is 72.8 Å². The van der Waals surface area contributed by atoms with E-state index in [2.05, 4.69) is 5.32 Å². The lowest BCUT2D eigenvalue weighted by molar-refractivity contribution is -0.124. The Kier molecular flexibility index (Phi) is 7.43. The van der Waals surface area contributed by atoms with Crippen LogP contribution in [0, 0.1) is 6.92 Å². The first-order chi connectivity index (χ1) is 15.4. The summed E-state index contributed by atoms with van der Waals surface area (Å²) < 4.78 is 11.2. The molecule has 0 bridgehead atoms. The van der Waals surface area contributed by atoms with Gasteiger partial charge in [-0.25, -0.2) is 10.3 Å². The Bertz CT molecular complexity index is 1130. The molecule has 2 atom stereocenters. The number of methoxy groups -OCH3 is 1. The van der Waals surface area contributed by atoms with E-state index in [9.17, 15) is 14.7 Å². The molecular formula is C24H24N2O6. The van der Waals surface area contributed by atoms with E-state index >= 15 is 0 Å². The summed E-state index contributed by atoms with van der Waals surface area (Å²) in [6.07, 6.45) is -0.122. The number of ether oxygens (including phenoxy) is 2. The van der Waals surface area contributed by atoms with Crippen LogP contribution in [-0.2, 0) is 14.3 Å². The fraction of sp³-hybridized carbons (Fsp3) is 0.167. The van der Waals surface area contributed by atoms with Gasteiger partial charge in [-0.1, -0.05) is 48.0 Å². The molecular weight excluding hydrogens is 412 g/mol. The largest absolute Gasteiger partial charge is 0.507 e. The molecule has 0 aromatic heterocycles. The number of amides is 2. The second-order valence-corrected chi connectivity index (χ2v) is 7.07. The lowest BCUT2D eigenvalue weighted by atomic mass is 9.96. The number of nitrogens with one attached hydrogen (secondary N) is 2. The molecule has 0 saturated carbocycles. The second-order valence-electron chi connectivity index (χ2n) is 7.07. The van der Waals surface area contributed by atoms with E-state index in [1.54, 1.807) is 42.5 Å². The van der Waals surface area contributed by atoms with Crippen molar-refractivity contribution in [2.75, 3.05) is 12.4 Å². The van der Waals surface area contributed by atoms with Gasteiger partial charge in [-0.2, -0.15) is 0 Å². The molecule has 2 amide bonds. The summed E-state index contributed by atoms with van der Waals surface area (Å²) in [4.78, 5) is 24.2. The van der Waals surface area contributed by atoms with Crippen molar-refractivity contribution in [2.24, 2.45) is 0 Å². The minimum absolute atomic E-state index is 0.0800. The number of aryl methyl sites for hydroxylation is 1. The molecule has 0 heterocycles. The minimum atomic E-state index is -0.973. The van der Waals surface area contributed by atoms with Gasteiger partial charge in [0.15, 0.2) is 6.10 Å². The maximum Gasteiger partial charge on any atom is 0.412 e. The molecule has 0 fully saturated rings. The molecule has 166 valence electrons. The molecule has 3 aromatic carbocycles. The Morgan fingerprint density at radius 1 is 1.00 bits per heavy atom. The van der Waals surface area contributed by atoms with Crippen LogP contribution in [0.4, 0.5) is 10.5 Å². The fourth-order valence-electron chi connectivity index (χ4n) is 3.28. The third-order valence-electron chi connectivity index (χ3n) is 4.89. The summed E-state index contributed by atoms with van der Waals surface area (Å²) >= 11 is 0. The Hall–Kier alpha value is -3.88. The van der Waals surface area contributed by atoms with Gasteiger partial charge >= 0.3 is 6.09 Å². The van der Waals surface area contributed by atoms with Crippen molar-refractivity contribution in [1.29, 1.82) is 0 Å². The summed E-state index contributed by atoms with van der Waals surface area (Å²) in [5.41, 5.74) is 3.67. The SMILES string of the molecule is CO[C@H](/C=C/C(=O)NO)[C@H](OC(=O)Nc1ccc(C)cc1)c1ccc(O)c2ccccc12. The van der Waals surface area contributed by atoms with E-state index in [-0.39, 0.29) is 5.75 Å². The molecule has 0 aliphatic rings. The predicted octanol–water partition coefficient (Wildman–Crippen LogP) is 4.22. The molecule has 0 saturated heterocycles. The van der Waals surface area contributed by atoms with Gasteiger partial charge in [0.05, 0.1) is 0 Å². The van der Waals surface area contributed by atoms with Crippen molar-refractivity contribution in [3.05, 3.63) is 83.9 Å². The zero-order chi connectivity index (χ0) is 23.1. The zero-order valence-electron chi connectivity index (χ0n) is 17.6. The van der Waals surface area contributed by atoms with Crippen LogP contribution in [0.25, 0.3) is 10.8 Å². The zero-order valence-corrected chi connectivity index (χ0v) is 17.6. The molecule has 8 heteroatoms. The maximum absolute atomic E-state index is 12.7. The van der Waals surface area contributed by atoms with Crippen molar-refractivity contribution < 1.29 is 29.4 Å². The number of anilines is 1. The van der Waals surface area contributed by atoms with Crippen molar-refractivity contribution in [2.45, 2.75) is 19.1 Å². The number of phenols is 1.